The molecule has 2 aromatic carbocycles. The van der Waals surface area contributed by atoms with E-state index in [0.717, 1.165) is 29.4 Å². The fraction of sp³-hybridized carbons (Fsp3) is 0.364. The maximum absolute atomic E-state index is 10.2. The number of hydrogen-bond acceptors (Lipinski definition) is 2. The van der Waals surface area contributed by atoms with Gasteiger partial charge in [0.1, 0.15) is 0 Å². The van der Waals surface area contributed by atoms with E-state index in [0.29, 0.717) is 6.04 Å². The number of aryl methyl sites for hydroxylation is 1. The highest BCUT2D eigenvalue weighted by atomic mass is 79.9. The topological polar surface area (TPSA) is 48.0 Å². The Morgan fingerprint density at radius 3 is 2.88 bits per heavy atom. The molecule has 1 aliphatic rings. The standard InChI is InChI=1S/C22H25BrN2O/c1-22(2,26)15-6-3-5-14(11-15)13-24-20-8-4-7-17-18-12-16(23)9-10-19(18)25-21(17)20/h3,5-6,9-12,20,24-26H,4,7-8,13H2,1-2H3. The lowest BCUT2D eigenvalue weighted by molar-refractivity contribution is 0.0785. The third-order valence-corrected chi connectivity index (χ3v) is 5.85. The van der Waals surface area contributed by atoms with Crippen LogP contribution in [0.3, 0.4) is 0 Å². The van der Waals surface area contributed by atoms with E-state index < -0.39 is 5.60 Å². The van der Waals surface area contributed by atoms with Crippen molar-refractivity contribution in [1.82, 2.24) is 10.3 Å². The monoisotopic (exact) mass is 412 g/mol. The number of rotatable bonds is 4. The van der Waals surface area contributed by atoms with E-state index in [1.807, 2.05) is 26.0 Å². The molecule has 0 fully saturated rings. The van der Waals surface area contributed by atoms with Crippen LogP contribution in [-0.4, -0.2) is 10.1 Å². The van der Waals surface area contributed by atoms with Crippen molar-refractivity contribution in [3.63, 3.8) is 0 Å². The third-order valence-electron chi connectivity index (χ3n) is 5.36. The van der Waals surface area contributed by atoms with Gasteiger partial charge in [0.2, 0.25) is 0 Å². The molecule has 0 saturated heterocycles. The molecule has 1 atom stereocenters. The van der Waals surface area contributed by atoms with Crippen LogP contribution in [0.15, 0.2) is 46.9 Å². The van der Waals surface area contributed by atoms with Gasteiger partial charge in [0.15, 0.2) is 0 Å². The van der Waals surface area contributed by atoms with E-state index in [-0.39, 0.29) is 0 Å². The van der Waals surface area contributed by atoms with Crippen molar-refractivity contribution in [1.29, 1.82) is 0 Å². The Morgan fingerprint density at radius 1 is 1.23 bits per heavy atom. The number of H-pyrrole nitrogens is 1. The van der Waals surface area contributed by atoms with Crippen molar-refractivity contribution in [3.8, 4) is 0 Å². The summed E-state index contributed by atoms with van der Waals surface area (Å²) in [6, 6.07) is 15.0. The van der Waals surface area contributed by atoms with Crippen LogP contribution in [0, 0.1) is 0 Å². The summed E-state index contributed by atoms with van der Waals surface area (Å²) < 4.78 is 1.13. The van der Waals surface area contributed by atoms with E-state index in [4.69, 9.17) is 0 Å². The molecule has 0 bridgehead atoms. The van der Waals surface area contributed by atoms with E-state index >= 15 is 0 Å². The van der Waals surface area contributed by atoms with Gasteiger partial charge in [0, 0.05) is 33.7 Å². The van der Waals surface area contributed by atoms with Gasteiger partial charge < -0.3 is 15.4 Å². The normalized spacial score (nSPS) is 17.5. The fourth-order valence-corrected chi connectivity index (χ4v) is 4.30. The molecule has 0 saturated carbocycles. The van der Waals surface area contributed by atoms with Gasteiger partial charge in [-0.2, -0.15) is 0 Å². The Labute approximate surface area is 163 Å². The lowest BCUT2D eigenvalue weighted by Gasteiger charge is -2.24. The van der Waals surface area contributed by atoms with Crippen molar-refractivity contribution < 1.29 is 5.11 Å². The maximum atomic E-state index is 10.2. The van der Waals surface area contributed by atoms with Crippen LogP contribution in [0.1, 0.15) is 55.1 Å². The van der Waals surface area contributed by atoms with Gasteiger partial charge in [-0.05, 0) is 68.0 Å². The lowest BCUT2D eigenvalue weighted by atomic mass is 9.91. The van der Waals surface area contributed by atoms with Crippen LogP contribution in [0.2, 0.25) is 0 Å². The number of aromatic amines is 1. The Morgan fingerprint density at radius 2 is 2.08 bits per heavy atom. The molecule has 0 radical (unpaired) electrons. The molecule has 1 aromatic heterocycles. The predicted octanol–water partition coefficient (Wildman–Crippen LogP) is 5.33. The molecule has 0 amide bonds. The first-order valence-corrected chi connectivity index (χ1v) is 10.1. The highest BCUT2D eigenvalue weighted by molar-refractivity contribution is 9.10. The van der Waals surface area contributed by atoms with Gasteiger partial charge in [-0.25, -0.2) is 0 Å². The number of aliphatic hydroxyl groups is 1. The minimum absolute atomic E-state index is 0.343. The summed E-state index contributed by atoms with van der Waals surface area (Å²) in [5, 5.41) is 15.3. The summed E-state index contributed by atoms with van der Waals surface area (Å²) in [5.74, 6) is 0. The highest BCUT2D eigenvalue weighted by Gasteiger charge is 2.24. The van der Waals surface area contributed by atoms with Crippen molar-refractivity contribution in [2.45, 2.75) is 51.3 Å². The van der Waals surface area contributed by atoms with Gasteiger partial charge in [-0.3, -0.25) is 0 Å². The minimum Gasteiger partial charge on any atom is -0.386 e. The summed E-state index contributed by atoms with van der Waals surface area (Å²) in [7, 11) is 0. The molecule has 0 spiro atoms. The van der Waals surface area contributed by atoms with Crippen LogP contribution in [0.5, 0.6) is 0 Å². The summed E-state index contributed by atoms with van der Waals surface area (Å²) in [4.78, 5) is 3.64. The quantitative estimate of drug-likeness (QED) is 0.542. The first-order valence-electron chi connectivity index (χ1n) is 9.27. The van der Waals surface area contributed by atoms with Crippen molar-refractivity contribution in [3.05, 3.63) is 69.3 Å². The van der Waals surface area contributed by atoms with E-state index in [9.17, 15) is 5.11 Å². The lowest BCUT2D eigenvalue weighted by Crippen LogP contribution is -2.25. The van der Waals surface area contributed by atoms with Crippen molar-refractivity contribution in [2.24, 2.45) is 0 Å². The molecule has 1 aliphatic carbocycles. The van der Waals surface area contributed by atoms with Gasteiger partial charge in [0.25, 0.3) is 0 Å². The molecule has 3 aromatic rings. The zero-order valence-electron chi connectivity index (χ0n) is 15.3. The maximum Gasteiger partial charge on any atom is 0.0840 e. The van der Waals surface area contributed by atoms with Crippen LogP contribution in [0.4, 0.5) is 0 Å². The Kier molecular flexibility index (Phi) is 4.68. The number of fused-ring (bicyclic) bond motifs is 3. The third kappa shape index (κ3) is 3.46. The number of benzene rings is 2. The van der Waals surface area contributed by atoms with E-state index in [1.54, 1.807) is 0 Å². The zero-order valence-corrected chi connectivity index (χ0v) is 16.9. The van der Waals surface area contributed by atoms with Crippen LogP contribution < -0.4 is 5.32 Å². The van der Waals surface area contributed by atoms with Gasteiger partial charge in [-0.15, -0.1) is 0 Å². The largest absolute Gasteiger partial charge is 0.386 e. The van der Waals surface area contributed by atoms with Crippen LogP contribution in [0.25, 0.3) is 10.9 Å². The SMILES string of the molecule is CC(C)(O)c1cccc(CNC2CCCc3c2[nH]c2ccc(Br)cc32)c1. The average Bonchev–Trinajstić information content (AvgIpc) is 2.98. The average molecular weight is 413 g/mol. The van der Waals surface area contributed by atoms with Gasteiger partial charge in [0.05, 0.1) is 5.60 Å². The predicted molar refractivity (Wildman–Crippen MR) is 110 cm³/mol. The molecule has 4 rings (SSSR count). The smallest absolute Gasteiger partial charge is 0.0840 e. The summed E-state index contributed by atoms with van der Waals surface area (Å²) in [6.07, 6.45) is 3.48. The second-order valence-corrected chi connectivity index (χ2v) is 8.71. The molecule has 0 aliphatic heterocycles. The first kappa shape index (κ1) is 17.8. The van der Waals surface area contributed by atoms with Gasteiger partial charge >= 0.3 is 0 Å². The molecule has 1 unspecified atom stereocenters. The van der Waals surface area contributed by atoms with Crippen LogP contribution in [-0.2, 0) is 18.6 Å². The Bertz CT molecular complexity index is 939. The molecule has 136 valence electrons. The van der Waals surface area contributed by atoms with E-state index in [1.165, 1.54) is 34.1 Å². The summed E-state index contributed by atoms with van der Waals surface area (Å²) in [5.41, 5.74) is 5.36. The summed E-state index contributed by atoms with van der Waals surface area (Å²) in [6.45, 7) is 4.46. The molecular formula is C22H25BrN2O. The van der Waals surface area contributed by atoms with Crippen molar-refractivity contribution in [2.75, 3.05) is 0 Å². The second kappa shape index (κ2) is 6.84. The molecule has 4 heteroatoms. The highest BCUT2D eigenvalue weighted by Crippen LogP contribution is 2.36. The number of hydrogen-bond donors (Lipinski definition) is 3. The zero-order chi connectivity index (χ0) is 18.3. The van der Waals surface area contributed by atoms with E-state index in [2.05, 4.69) is 56.6 Å². The van der Waals surface area contributed by atoms with Crippen molar-refractivity contribution >= 4 is 26.8 Å². The summed E-state index contributed by atoms with van der Waals surface area (Å²) >= 11 is 3.59. The van der Waals surface area contributed by atoms with Gasteiger partial charge in [-0.1, -0.05) is 40.2 Å². The Balaban J connectivity index is 1.57. The number of halogens is 1. The Hall–Kier alpha value is -1.62. The number of aromatic nitrogens is 1. The first-order chi connectivity index (χ1) is 12.4. The van der Waals surface area contributed by atoms with Crippen LogP contribution >= 0.6 is 15.9 Å². The molecule has 3 nitrogen and oxygen atoms in total. The molecule has 1 heterocycles. The number of nitrogens with one attached hydrogen (secondary N) is 2. The molecule has 26 heavy (non-hydrogen) atoms. The second-order valence-electron chi connectivity index (χ2n) is 7.79. The fourth-order valence-electron chi connectivity index (χ4n) is 3.94. The minimum atomic E-state index is -0.807. The molecular weight excluding hydrogens is 388 g/mol. The molecule has 3 N–H and O–H groups in total.